The molecule has 1 aromatic rings. The fourth-order valence-electron chi connectivity index (χ4n) is 1.05. The van der Waals surface area contributed by atoms with Crippen LogP contribution >= 0.6 is 11.6 Å². The van der Waals surface area contributed by atoms with Gasteiger partial charge in [0.15, 0.2) is 0 Å². The van der Waals surface area contributed by atoms with Crippen molar-refractivity contribution in [2.75, 3.05) is 12.0 Å². The smallest absolute Gasteiger partial charge is 0.371 e. The first kappa shape index (κ1) is 12.1. The van der Waals surface area contributed by atoms with Crippen molar-refractivity contribution in [3.63, 3.8) is 0 Å². The van der Waals surface area contributed by atoms with Crippen LogP contribution < -0.4 is 16.6 Å². The fraction of sp³-hybridized carbons (Fsp3) is 0.250. The number of rotatable bonds is 3. The molecule has 84 valence electrons. The van der Waals surface area contributed by atoms with Crippen molar-refractivity contribution < 1.29 is 13.2 Å². The van der Waals surface area contributed by atoms with Crippen molar-refractivity contribution in [2.45, 2.75) is 6.18 Å². The topological polar surface area (TPSA) is 50.1 Å². The Labute approximate surface area is 89.4 Å². The zero-order valence-corrected chi connectivity index (χ0v) is 8.28. The Balaban J connectivity index is 3.04. The van der Waals surface area contributed by atoms with E-state index in [9.17, 15) is 13.2 Å². The molecule has 0 fully saturated rings. The van der Waals surface area contributed by atoms with Gasteiger partial charge >= 0.3 is 6.18 Å². The number of hydrogen-bond donors (Lipinski definition) is 3. The Bertz CT molecular complexity index is 340. The lowest BCUT2D eigenvalue weighted by atomic mass is 10.1. The molecule has 3 nitrogen and oxygen atoms in total. The van der Waals surface area contributed by atoms with E-state index in [1.54, 1.807) is 0 Å². The third kappa shape index (κ3) is 3.26. The number of anilines is 1. The number of nitrogens with one attached hydrogen (secondary N) is 2. The standard InChI is InChI=1S/C8H9ClF3N3/c9-5-1-2-7(14-4-15-13)6(3-5)8(10,11)12/h1-3,14-15H,4,13H2. The van der Waals surface area contributed by atoms with Gasteiger partial charge in [-0.1, -0.05) is 11.6 Å². The highest BCUT2D eigenvalue weighted by Crippen LogP contribution is 2.36. The highest BCUT2D eigenvalue weighted by atomic mass is 35.5. The number of alkyl halides is 3. The molecule has 0 aliphatic rings. The number of hydrazine groups is 1. The predicted molar refractivity (Wildman–Crippen MR) is 52.3 cm³/mol. The van der Waals surface area contributed by atoms with Crippen LogP contribution in [-0.2, 0) is 6.18 Å². The molecule has 15 heavy (non-hydrogen) atoms. The van der Waals surface area contributed by atoms with Crippen LogP contribution in [0.1, 0.15) is 5.56 Å². The lowest BCUT2D eigenvalue weighted by molar-refractivity contribution is -0.136. The van der Waals surface area contributed by atoms with Gasteiger partial charge in [-0.05, 0) is 18.2 Å². The molecule has 0 aromatic heterocycles. The van der Waals surface area contributed by atoms with Crippen molar-refractivity contribution >= 4 is 17.3 Å². The summed E-state index contributed by atoms with van der Waals surface area (Å²) in [6.45, 7) is 0.0325. The number of hydrogen-bond acceptors (Lipinski definition) is 3. The van der Waals surface area contributed by atoms with E-state index in [-0.39, 0.29) is 17.4 Å². The molecule has 0 unspecified atom stereocenters. The van der Waals surface area contributed by atoms with Gasteiger partial charge in [0.2, 0.25) is 0 Å². The zero-order chi connectivity index (χ0) is 11.5. The van der Waals surface area contributed by atoms with E-state index in [4.69, 9.17) is 17.4 Å². The summed E-state index contributed by atoms with van der Waals surface area (Å²) >= 11 is 5.49. The first-order chi connectivity index (χ1) is 6.95. The van der Waals surface area contributed by atoms with Crippen LogP contribution in [0, 0.1) is 0 Å². The average molecular weight is 240 g/mol. The molecule has 0 amide bonds. The van der Waals surface area contributed by atoms with Crippen LogP contribution in [-0.4, -0.2) is 6.67 Å². The monoisotopic (exact) mass is 239 g/mol. The second-order valence-corrected chi connectivity index (χ2v) is 3.18. The van der Waals surface area contributed by atoms with Gasteiger partial charge in [0.1, 0.15) is 0 Å². The maximum Gasteiger partial charge on any atom is 0.418 e. The van der Waals surface area contributed by atoms with Crippen LogP contribution in [0.15, 0.2) is 18.2 Å². The summed E-state index contributed by atoms with van der Waals surface area (Å²) in [6, 6.07) is 3.48. The third-order valence-electron chi connectivity index (χ3n) is 1.67. The predicted octanol–water partition coefficient (Wildman–Crippen LogP) is 2.19. The summed E-state index contributed by atoms with van der Waals surface area (Å²) < 4.78 is 37.5. The van der Waals surface area contributed by atoms with Crippen LogP contribution in [0.3, 0.4) is 0 Å². The highest BCUT2D eigenvalue weighted by molar-refractivity contribution is 6.30. The van der Waals surface area contributed by atoms with E-state index in [0.29, 0.717) is 0 Å². The minimum Gasteiger partial charge on any atom is -0.371 e. The minimum atomic E-state index is -4.44. The molecule has 0 atom stereocenters. The summed E-state index contributed by atoms with van der Waals surface area (Å²) in [4.78, 5) is 0. The van der Waals surface area contributed by atoms with Gasteiger partial charge in [-0.25, -0.2) is 5.43 Å². The first-order valence-corrected chi connectivity index (χ1v) is 4.37. The maximum atomic E-state index is 12.5. The SMILES string of the molecule is NNCNc1ccc(Cl)cc1C(F)(F)F. The van der Waals surface area contributed by atoms with Crippen LogP contribution in [0.2, 0.25) is 5.02 Å². The molecule has 0 aliphatic heterocycles. The molecule has 1 aromatic carbocycles. The Kier molecular flexibility index (Phi) is 3.78. The molecule has 7 heteroatoms. The van der Waals surface area contributed by atoms with Gasteiger partial charge in [0.05, 0.1) is 12.2 Å². The van der Waals surface area contributed by atoms with Gasteiger partial charge in [-0.3, -0.25) is 5.84 Å². The summed E-state index contributed by atoms with van der Waals surface area (Å²) in [5.41, 5.74) is 1.32. The largest absolute Gasteiger partial charge is 0.418 e. The van der Waals surface area contributed by atoms with Crippen molar-refractivity contribution in [2.24, 2.45) is 5.84 Å². The lowest BCUT2D eigenvalue weighted by Gasteiger charge is -2.14. The molecule has 0 spiro atoms. The molecule has 1 rings (SSSR count). The zero-order valence-electron chi connectivity index (χ0n) is 7.53. The second kappa shape index (κ2) is 4.69. The van der Waals surface area contributed by atoms with Crippen LogP contribution in [0.5, 0.6) is 0 Å². The van der Waals surface area contributed by atoms with Crippen molar-refractivity contribution in [3.8, 4) is 0 Å². The van der Waals surface area contributed by atoms with Crippen molar-refractivity contribution in [1.29, 1.82) is 0 Å². The molecule has 0 aliphatic carbocycles. The Morgan fingerprint density at radius 1 is 1.33 bits per heavy atom. The molecule has 0 radical (unpaired) electrons. The lowest BCUT2D eigenvalue weighted by Crippen LogP contribution is -2.29. The van der Waals surface area contributed by atoms with Gasteiger partial charge < -0.3 is 5.32 Å². The maximum absolute atomic E-state index is 12.5. The normalized spacial score (nSPS) is 11.5. The molecule has 0 bridgehead atoms. The number of halogens is 4. The van der Waals surface area contributed by atoms with Crippen LogP contribution in [0.4, 0.5) is 18.9 Å². The average Bonchev–Trinajstić information content (AvgIpc) is 2.14. The Hall–Kier alpha value is -0.980. The van der Waals surface area contributed by atoms with E-state index in [0.717, 1.165) is 6.07 Å². The number of benzene rings is 1. The Morgan fingerprint density at radius 2 is 2.00 bits per heavy atom. The summed E-state index contributed by atoms with van der Waals surface area (Å²) in [6.07, 6.45) is -4.44. The molecule has 0 heterocycles. The molecule has 0 saturated carbocycles. The second-order valence-electron chi connectivity index (χ2n) is 2.75. The van der Waals surface area contributed by atoms with Gasteiger partial charge in [0.25, 0.3) is 0 Å². The van der Waals surface area contributed by atoms with Crippen molar-refractivity contribution in [3.05, 3.63) is 28.8 Å². The molecule has 4 N–H and O–H groups in total. The highest BCUT2D eigenvalue weighted by Gasteiger charge is 2.33. The summed E-state index contributed by atoms with van der Waals surface area (Å²) in [5, 5.41) is 2.52. The molecular formula is C8H9ClF3N3. The fourth-order valence-corrected chi connectivity index (χ4v) is 1.22. The summed E-state index contributed by atoms with van der Waals surface area (Å²) in [7, 11) is 0. The van der Waals surface area contributed by atoms with Gasteiger partial charge in [-0.2, -0.15) is 13.2 Å². The van der Waals surface area contributed by atoms with Gasteiger partial charge in [0, 0.05) is 10.7 Å². The van der Waals surface area contributed by atoms with E-state index in [2.05, 4.69) is 10.7 Å². The van der Waals surface area contributed by atoms with Crippen LogP contribution in [0.25, 0.3) is 0 Å². The van der Waals surface area contributed by atoms with Gasteiger partial charge in [-0.15, -0.1) is 0 Å². The molecular weight excluding hydrogens is 231 g/mol. The molecule has 0 saturated heterocycles. The number of nitrogens with two attached hydrogens (primary N) is 1. The third-order valence-corrected chi connectivity index (χ3v) is 1.90. The van der Waals surface area contributed by atoms with E-state index < -0.39 is 11.7 Å². The Morgan fingerprint density at radius 3 is 2.53 bits per heavy atom. The minimum absolute atomic E-state index is 0.0325. The van der Waals surface area contributed by atoms with E-state index in [1.165, 1.54) is 12.1 Å². The van der Waals surface area contributed by atoms with E-state index >= 15 is 0 Å². The van der Waals surface area contributed by atoms with Crippen molar-refractivity contribution in [1.82, 2.24) is 5.43 Å². The summed E-state index contributed by atoms with van der Waals surface area (Å²) in [5.74, 6) is 4.95. The first-order valence-electron chi connectivity index (χ1n) is 3.99. The quantitative estimate of drug-likeness (QED) is 0.431. The van der Waals surface area contributed by atoms with E-state index in [1.807, 2.05) is 0 Å².